The average molecular weight is 995 g/mol. The van der Waals surface area contributed by atoms with Crippen molar-refractivity contribution in [3.63, 3.8) is 0 Å². The first-order chi connectivity index (χ1) is 38.2. The van der Waals surface area contributed by atoms with Gasteiger partial charge in [0.25, 0.3) is 0 Å². The highest BCUT2D eigenvalue weighted by Gasteiger charge is 2.38. The van der Waals surface area contributed by atoms with E-state index in [9.17, 15) is 0 Å². The zero-order chi connectivity index (χ0) is 52.0. The highest BCUT2D eigenvalue weighted by atomic mass is 15.0. The Bertz CT molecular complexity index is 4830. The lowest BCUT2D eigenvalue weighted by molar-refractivity contribution is 0.660. The molecular weight excluding hydrogens is 941 g/mol. The zero-order valence-electron chi connectivity index (χ0n) is 44.1. The molecule has 2 aliphatic rings. The third-order valence-corrected chi connectivity index (χ3v) is 17.9. The molecule has 12 aromatic carbocycles. The summed E-state index contributed by atoms with van der Waals surface area (Å²) >= 11 is 0. The van der Waals surface area contributed by atoms with E-state index in [1.807, 2.05) is 0 Å². The molecule has 78 heavy (non-hydrogen) atoms. The van der Waals surface area contributed by atoms with Gasteiger partial charge in [0.1, 0.15) is 0 Å². The van der Waals surface area contributed by atoms with Crippen molar-refractivity contribution < 1.29 is 0 Å². The van der Waals surface area contributed by atoms with E-state index in [2.05, 4.69) is 292 Å². The van der Waals surface area contributed by atoms with Crippen molar-refractivity contribution in [2.75, 3.05) is 0 Å². The molecule has 0 bridgehead atoms. The van der Waals surface area contributed by atoms with Crippen LogP contribution in [0.1, 0.15) is 49.9 Å². The summed E-state index contributed by atoms with van der Waals surface area (Å²) in [5.74, 6) is 0. The number of fused-ring (bicyclic) bond motifs is 13. The van der Waals surface area contributed by atoms with Crippen LogP contribution in [-0.4, -0.2) is 9.13 Å². The van der Waals surface area contributed by atoms with Crippen LogP contribution in [0.5, 0.6) is 0 Å². The van der Waals surface area contributed by atoms with E-state index >= 15 is 0 Å². The van der Waals surface area contributed by atoms with Gasteiger partial charge in [0.15, 0.2) is 0 Å². The van der Waals surface area contributed by atoms with Crippen LogP contribution in [0, 0.1) is 0 Å². The SMILES string of the molecule is CC1(C)c2cc(-c3ccc(-c4ccc5c(c4)c4ccccc4n5-c4ccccc4)cc3)ccc2-c2ccc(-c3ccc4c(c3)C(C)(C)c3cc(-c5ccc6c(c5)c5ccccc5n6-c5ccc6ccccc6c5)ccc3-4)cc21. The Morgan fingerprint density at radius 2 is 0.577 bits per heavy atom. The molecule has 0 fully saturated rings. The number of benzene rings is 12. The minimum atomic E-state index is -0.175. The summed E-state index contributed by atoms with van der Waals surface area (Å²) in [5, 5.41) is 7.57. The van der Waals surface area contributed by atoms with Crippen molar-refractivity contribution >= 4 is 54.4 Å². The van der Waals surface area contributed by atoms with E-state index in [1.54, 1.807) is 0 Å². The third kappa shape index (κ3) is 6.56. The number of hydrogen-bond donors (Lipinski definition) is 0. The third-order valence-electron chi connectivity index (χ3n) is 17.9. The smallest absolute Gasteiger partial charge is 0.0541 e. The maximum atomic E-state index is 2.47. The van der Waals surface area contributed by atoms with Crippen LogP contribution < -0.4 is 0 Å². The van der Waals surface area contributed by atoms with Gasteiger partial charge < -0.3 is 9.13 Å². The van der Waals surface area contributed by atoms with Crippen LogP contribution in [0.2, 0.25) is 0 Å². The Balaban J connectivity index is 0.682. The molecule has 368 valence electrons. The van der Waals surface area contributed by atoms with Crippen molar-refractivity contribution in [2.24, 2.45) is 0 Å². The minimum Gasteiger partial charge on any atom is -0.309 e. The van der Waals surface area contributed by atoms with E-state index in [0.717, 1.165) is 0 Å². The van der Waals surface area contributed by atoms with Gasteiger partial charge in [-0.05, 0) is 185 Å². The van der Waals surface area contributed by atoms with Gasteiger partial charge in [0.2, 0.25) is 0 Å². The topological polar surface area (TPSA) is 9.86 Å². The molecule has 2 heteroatoms. The largest absolute Gasteiger partial charge is 0.309 e. The molecule has 16 rings (SSSR count). The Morgan fingerprint density at radius 1 is 0.231 bits per heavy atom. The lowest BCUT2D eigenvalue weighted by atomic mass is 9.79. The van der Waals surface area contributed by atoms with Crippen molar-refractivity contribution in [3.8, 4) is 78.1 Å². The molecule has 0 amide bonds. The van der Waals surface area contributed by atoms with Gasteiger partial charge in [-0.1, -0.05) is 198 Å². The summed E-state index contributed by atoms with van der Waals surface area (Å²) in [6, 6.07) is 95.5. The van der Waals surface area contributed by atoms with E-state index < -0.39 is 0 Å². The molecule has 0 atom stereocenters. The second-order valence-electron chi connectivity index (χ2n) is 22.9. The molecule has 0 aliphatic heterocycles. The quantitative estimate of drug-likeness (QED) is 0.157. The molecule has 0 spiro atoms. The predicted octanol–water partition coefficient (Wildman–Crippen LogP) is 20.3. The van der Waals surface area contributed by atoms with Crippen molar-refractivity contribution in [1.29, 1.82) is 0 Å². The van der Waals surface area contributed by atoms with Crippen molar-refractivity contribution in [2.45, 2.75) is 38.5 Å². The first-order valence-corrected chi connectivity index (χ1v) is 27.5. The van der Waals surface area contributed by atoms with Gasteiger partial charge in [-0.25, -0.2) is 0 Å². The van der Waals surface area contributed by atoms with E-state index in [-0.39, 0.29) is 10.8 Å². The first-order valence-electron chi connectivity index (χ1n) is 27.5. The highest BCUT2D eigenvalue weighted by Crippen LogP contribution is 2.53. The monoisotopic (exact) mass is 994 g/mol. The lowest BCUT2D eigenvalue weighted by Gasteiger charge is -2.24. The lowest BCUT2D eigenvalue weighted by Crippen LogP contribution is -2.15. The Morgan fingerprint density at radius 3 is 1.06 bits per heavy atom. The van der Waals surface area contributed by atoms with Gasteiger partial charge in [-0.15, -0.1) is 0 Å². The van der Waals surface area contributed by atoms with Crippen LogP contribution in [0.3, 0.4) is 0 Å². The number of rotatable bonds is 6. The zero-order valence-corrected chi connectivity index (χ0v) is 44.1. The maximum absolute atomic E-state index is 2.47. The second-order valence-corrected chi connectivity index (χ2v) is 22.9. The van der Waals surface area contributed by atoms with Crippen LogP contribution in [0.4, 0.5) is 0 Å². The Hall–Kier alpha value is -9.50. The van der Waals surface area contributed by atoms with Crippen molar-refractivity contribution in [1.82, 2.24) is 9.13 Å². The molecule has 0 radical (unpaired) electrons. The van der Waals surface area contributed by atoms with Gasteiger partial charge in [-0.3, -0.25) is 0 Å². The molecule has 0 saturated heterocycles. The first kappa shape index (κ1) is 44.8. The molecule has 2 nitrogen and oxygen atoms in total. The minimum absolute atomic E-state index is 0.165. The summed E-state index contributed by atoms with van der Waals surface area (Å²) in [6.07, 6.45) is 0. The van der Waals surface area contributed by atoms with Crippen LogP contribution in [-0.2, 0) is 10.8 Å². The molecule has 2 aromatic heterocycles. The van der Waals surface area contributed by atoms with E-state index in [0.29, 0.717) is 0 Å². The van der Waals surface area contributed by atoms with Crippen LogP contribution >= 0.6 is 0 Å². The summed E-state index contributed by atoms with van der Waals surface area (Å²) in [6.45, 7) is 9.62. The van der Waals surface area contributed by atoms with Crippen molar-refractivity contribution in [3.05, 3.63) is 277 Å². The van der Waals surface area contributed by atoms with Gasteiger partial charge in [-0.2, -0.15) is 0 Å². The summed E-state index contributed by atoms with van der Waals surface area (Å²) in [5.41, 5.74) is 27.7. The normalized spacial score (nSPS) is 13.8. The van der Waals surface area contributed by atoms with E-state index in [1.165, 1.54) is 155 Å². The molecule has 0 saturated carbocycles. The second kappa shape index (κ2) is 16.5. The molecule has 14 aromatic rings. The molecule has 0 N–H and O–H groups in total. The number of nitrogens with zero attached hydrogens (tertiary/aromatic N) is 2. The van der Waals surface area contributed by atoms with Gasteiger partial charge in [0, 0.05) is 43.7 Å². The Labute approximate surface area is 454 Å². The highest BCUT2D eigenvalue weighted by molar-refractivity contribution is 6.12. The summed E-state index contributed by atoms with van der Waals surface area (Å²) < 4.78 is 4.80. The fourth-order valence-electron chi connectivity index (χ4n) is 13.8. The number of para-hydroxylation sites is 3. The summed E-state index contributed by atoms with van der Waals surface area (Å²) in [7, 11) is 0. The maximum Gasteiger partial charge on any atom is 0.0541 e. The molecular formula is C76H54N2. The number of hydrogen-bond acceptors (Lipinski definition) is 0. The molecule has 2 heterocycles. The fraction of sp³-hybridized carbons (Fsp3) is 0.0789. The van der Waals surface area contributed by atoms with Gasteiger partial charge in [0.05, 0.1) is 22.1 Å². The predicted molar refractivity (Wildman–Crippen MR) is 329 cm³/mol. The number of aromatic nitrogens is 2. The standard InChI is InChI=1S/C76H54N2/c1-75(2)67-43-53(49-24-22-48(23-25-49)51-31-38-73-65(41-51)63-18-10-12-20-71(63)77(73)57-16-6-5-7-17-57)27-34-59(67)61-36-29-55(45-69(61)75)56-30-37-62-60-35-28-54(44-68(60)76(3,4)70(62)46-56)52-32-39-74-66(42-52)64-19-11-13-21-72(64)78(74)58-33-26-47-14-8-9-15-50(47)40-58/h5-46H,1-4H3. The molecule has 0 unspecified atom stereocenters. The molecule has 2 aliphatic carbocycles. The summed E-state index contributed by atoms with van der Waals surface area (Å²) in [4.78, 5) is 0. The van der Waals surface area contributed by atoms with Crippen LogP contribution in [0.15, 0.2) is 255 Å². The van der Waals surface area contributed by atoms with E-state index in [4.69, 9.17) is 0 Å². The van der Waals surface area contributed by atoms with Gasteiger partial charge >= 0.3 is 0 Å². The fourth-order valence-corrected chi connectivity index (χ4v) is 13.8. The van der Waals surface area contributed by atoms with Crippen LogP contribution in [0.25, 0.3) is 133 Å². The Kier molecular flexibility index (Phi) is 9.47. The average Bonchev–Trinajstić information content (AvgIpc) is 4.37.